The minimum atomic E-state index is -0.539. The second-order valence-corrected chi connectivity index (χ2v) is 7.35. The van der Waals surface area contributed by atoms with Crippen LogP contribution in [0.15, 0.2) is 24.3 Å². The van der Waals surface area contributed by atoms with E-state index in [-0.39, 0.29) is 0 Å². The Labute approximate surface area is 146 Å². The normalized spacial score (nSPS) is 27.7. The smallest absolute Gasteiger partial charge is 0.122 e. The van der Waals surface area contributed by atoms with Gasteiger partial charge in [-0.1, -0.05) is 24.6 Å². The van der Waals surface area contributed by atoms with E-state index in [1.54, 1.807) is 7.11 Å². The Morgan fingerprint density at radius 2 is 2.08 bits per heavy atom. The maximum Gasteiger partial charge on any atom is 0.122 e. The molecule has 1 aromatic carbocycles. The molecule has 0 bridgehead atoms. The topological polar surface area (TPSA) is 44.7 Å². The summed E-state index contributed by atoms with van der Waals surface area (Å²) in [7, 11) is 1.73. The van der Waals surface area contributed by atoms with E-state index in [1.807, 2.05) is 12.1 Å². The molecule has 3 rings (SSSR count). The summed E-state index contributed by atoms with van der Waals surface area (Å²) in [6.45, 7) is 3.99. The lowest BCUT2D eigenvalue weighted by Gasteiger charge is -2.49. The number of piperidine rings is 2. The molecule has 0 aliphatic carbocycles. The Balaban J connectivity index is 1.44. The molecule has 2 fully saturated rings. The highest BCUT2D eigenvalue weighted by atomic mass is 16.5. The van der Waals surface area contributed by atoms with Gasteiger partial charge in [-0.25, -0.2) is 0 Å². The molecule has 4 nitrogen and oxygen atoms in total. The van der Waals surface area contributed by atoms with Gasteiger partial charge in [0, 0.05) is 12.6 Å². The van der Waals surface area contributed by atoms with Crippen LogP contribution in [-0.4, -0.2) is 54.9 Å². The number of aryl methyl sites for hydroxylation is 1. The van der Waals surface area contributed by atoms with E-state index >= 15 is 0 Å². The van der Waals surface area contributed by atoms with Gasteiger partial charge in [0.1, 0.15) is 5.75 Å². The second kappa shape index (κ2) is 8.32. The molecule has 24 heavy (non-hydrogen) atoms. The van der Waals surface area contributed by atoms with Gasteiger partial charge in [-0.3, -0.25) is 4.90 Å². The number of benzene rings is 1. The molecular formula is C20H32N2O2. The highest BCUT2D eigenvalue weighted by Gasteiger charge is 2.43. The van der Waals surface area contributed by atoms with Crippen molar-refractivity contribution >= 4 is 0 Å². The first kappa shape index (κ1) is 17.7. The zero-order valence-corrected chi connectivity index (χ0v) is 15.0. The third-order valence-corrected chi connectivity index (χ3v) is 5.71. The van der Waals surface area contributed by atoms with Gasteiger partial charge in [-0.2, -0.15) is 0 Å². The van der Waals surface area contributed by atoms with E-state index in [0.29, 0.717) is 6.04 Å². The molecule has 0 spiro atoms. The molecule has 0 radical (unpaired) electrons. The molecule has 4 heteroatoms. The van der Waals surface area contributed by atoms with Crippen molar-refractivity contribution in [3.05, 3.63) is 29.8 Å². The summed E-state index contributed by atoms with van der Waals surface area (Å²) in [6, 6.07) is 8.59. The van der Waals surface area contributed by atoms with Crippen molar-refractivity contribution in [2.45, 2.75) is 56.6 Å². The lowest BCUT2D eigenvalue weighted by molar-refractivity contribution is -0.0917. The zero-order chi connectivity index (χ0) is 16.8. The van der Waals surface area contributed by atoms with Crippen molar-refractivity contribution in [1.82, 2.24) is 10.2 Å². The summed E-state index contributed by atoms with van der Waals surface area (Å²) in [6.07, 6.45) is 7.83. The summed E-state index contributed by atoms with van der Waals surface area (Å²) in [5.41, 5.74) is 0.722. The predicted octanol–water partition coefficient (Wildman–Crippen LogP) is 2.60. The van der Waals surface area contributed by atoms with Gasteiger partial charge >= 0.3 is 0 Å². The Hall–Kier alpha value is -1.10. The number of nitrogens with zero attached hydrogens (tertiary/aromatic N) is 1. The van der Waals surface area contributed by atoms with Crippen LogP contribution in [0.4, 0.5) is 0 Å². The molecule has 0 saturated carbocycles. The summed E-state index contributed by atoms with van der Waals surface area (Å²) in [5, 5.41) is 14.7. The Kier molecular flexibility index (Phi) is 6.14. The van der Waals surface area contributed by atoms with E-state index in [4.69, 9.17) is 4.74 Å². The number of aliphatic hydroxyl groups is 1. The third kappa shape index (κ3) is 4.11. The average Bonchev–Trinajstić information content (AvgIpc) is 2.62. The highest BCUT2D eigenvalue weighted by Crippen LogP contribution is 2.33. The summed E-state index contributed by atoms with van der Waals surface area (Å²) in [5.74, 6) is 0.973. The molecule has 0 aromatic heterocycles. The van der Waals surface area contributed by atoms with Crippen LogP contribution in [0, 0.1) is 0 Å². The minimum absolute atomic E-state index is 0.363. The van der Waals surface area contributed by atoms with Crippen LogP contribution >= 0.6 is 0 Å². The summed E-state index contributed by atoms with van der Waals surface area (Å²) >= 11 is 0. The van der Waals surface area contributed by atoms with Crippen LogP contribution in [0.2, 0.25) is 0 Å². The van der Waals surface area contributed by atoms with E-state index in [9.17, 15) is 5.11 Å². The first-order valence-corrected chi connectivity index (χ1v) is 9.52. The van der Waals surface area contributed by atoms with Gasteiger partial charge in [-0.15, -0.1) is 0 Å². The molecule has 0 unspecified atom stereocenters. The number of rotatable bonds is 7. The van der Waals surface area contributed by atoms with Crippen LogP contribution in [0.25, 0.3) is 0 Å². The zero-order valence-electron chi connectivity index (χ0n) is 15.0. The number of methoxy groups -OCH3 is 1. The first-order valence-electron chi connectivity index (χ1n) is 9.52. The van der Waals surface area contributed by atoms with Crippen LogP contribution in [-0.2, 0) is 6.42 Å². The van der Waals surface area contributed by atoms with Crippen molar-refractivity contribution in [2.24, 2.45) is 0 Å². The van der Waals surface area contributed by atoms with Crippen molar-refractivity contribution in [3.8, 4) is 5.75 Å². The molecule has 2 atom stereocenters. The Morgan fingerprint density at radius 3 is 2.96 bits per heavy atom. The fourth-order valence-electron chi connectivity index (χ4n) is 4.45. The quantitative estimate of drug-likeness (QED) is 0.754. The maximum absolute atomic E-state index is 11.1. The number of hydrogen-bond acceptors (Lipinski definition) is 4. The average molecular weight is 332 g/mol. The number of hydrogen-bond donors (Lipinski definition) is 2. The van der Waals surface area contributed by atoms with E-state index in [0.717, 1.165) is 50.9 Å². The predicted molar refractivity (Wildman–Crippen MR) is 97.6 cm³/mol. The number of nitrogens with one attached hydrogen (secondary N) is 1. The summed E-state index contributed by atoms with van der Waals surface area (Å²) in [4.78, 5) is 2.52. The van der Waals surface area contributed by atoms with Gasteiger partial charge in [-0.05, 0) is 69.8 Å². The first-order chi connectivity index (χ1) is 11.7. The van der Waals surface area contributed by atoms with Crippen LogP contribution in [0.3, 0.4) is 0 Å². The Bertz CT molecular complexity index is 520. The molecule has 2 aliphatic heterocycles. The third-order valence-electron chi connectivity index (χ3n) is 5.71. The molecule has 0 amide bonds. The largest absolute Gasteiger partial charge is 0.496 e. The van der Waals surface area contributed by atoms with Crippen molar-refractivity contribution in [1.29, 1.82) is 0 Å². The van der Waals surface area contributed by atoms with Crippen LogP contribution < -0.4 is 10.1 Å². The minimum Gasteiger partial charge on any atom is -0.496 e. The fraction of sp³-hybridized carbons (Fsp3) is 0.700. The van der Waals surface area contributed by atoms with Crippen molar-refractivity contribution in [3.63, 3.8) is 0 Å². The molecule has 134 valence electrons. The lowest BCUT2D eigenvalue weighted by Crippen LogP contribution is -2.62. The van der Waals surface area contributed by atoms with Gasteiger partial charge < -0.3 is 15.2 Å². The number of para-hydroxylation sites is 1. The maximum atomic E-state index is 11.1. The molecule has 2 N–H and O–H groups in total. The van der Waals surface area contributed by atoms with Crippen molar-refractivity contribution in [2.75, 3.05) is 33.3 Å². The summed E-state index contributed by atoms with van der Waals surface area (Å²) < 4.78 is 5.41. The number of fused-ring (bicyclic) bond motifs is 1. The molecule has 1 aromatic rings. The molecule has 2 heterocycles. The van der Waals surface area contributed by atoms with Crippen molar-refractivity contribution < 1.29 is 9.84 Å². The van der Waals surface area contributed by atoms with E-state index in [2.05, 4.69) is 22.3 Å². The highest BCUT2D eigenvalue weighted by molar-refractivity contribution is 5.33. The second-order valence-electron chi connectivity index (χ2n) is 7.35. The lowest BCUT2D eigenvalue weighted by atomic mass is 9.79. The molecular weight excluding hydrogens is 300 g/mol. The number of ether oxygens (including phenoxy) is 1. The SMILES string of the molecule is COc1ccccc1CCCNC[C@]1(O)CCCN2CCCC[C@@H]21. The Morgan fingerprint density at radius 1 is 1.25 bits per heavy atom. The van der Waals surface area contributed by atoms with Crippen LogP contribution in [0.5, 0.6) is 5.75 Å². The molecule has 2 aliphatic rings. The van der Waals surface area contributed by atoms with E-state index in [1.165, 1.54) is 31.5 Å². The van der Waals surface area contributed by atoms with Gasteiger partial charge in [0.05, 0.1) is 12.7 Å². The monoisotopic (exact) mass is 332 g/mol. The van der Waals surface area contributed by atoms with Crippen LogP contribution in [0.1, 0.15) is 44.1 Å². The standard InChI is InChI=1S/C20H32N2O2/c1-24-18-10-3-2-8-17(18)9-6-13-21-16-20(23)12-7-15-22-14-5-4-11-19(20)22/h2-3,8,10,19,21,23H,4-7,9,11-16H2,1H3/t19-,20-/m1/s1. The van der Waals surface area contributed by atoms with Gasteiger partial charge in [0.25, 0.3) is 0 Å². The van der Waals surface area contributed by atoms with E-state index < -0.39 is 5.60 Å². The van der Waals surface area contributed by atoms with Gasteiger partial charge in [0.15, 0.2) is 0 Å². The fourth-order valence-corrected chi connectivity index (χ4v) is 4.45. The molecule has 2 saturated heterocycles. The van der Waals surface area contributed by atoms with Gasteiger partial charge in [0.2, 0.25) is 0 Å².